The van der Waals surface area contributed by atoms with E-state index in [1.54, 1.807) is 48.1 Å². The van der Waals surface area contributed by atoms with Gasteiger partial charge in [-0.3, -0.25) is 0 Å². The molecule has 24 heavy (non-hydrogen) atoms. The van der Waals surface area contributed by atoms with Crippen molar-refractivity contribution in [2.75, 3.05) is 0 Å². The number of benzene rings is 1. The summed E-state index contributed by atoms with van der Waals surface area (Å²) < 4.78 is 1.52. The van der Waals surface area contributed by atoms with Crippen molar-refractivity contribution < 1.29 is 9.90 Å². The highest BCUT2D eigenvalue weighted by molar-refractivity contribution is 7.14. The Morgan fingerprint density at radius 2 is 2.04 bits per heavy atom. The van der Waals surface area contributed by atoms with Crippen LogP contribution in [0.3, 0.4) is 0 Å². The molecule has 0 unspecified atom stereocenters. The fraction of sp³-hybridized carbons (Fsp3) is 0. The number of hydrogen-bond acceptors (Lipinski definition) is 5. The largest absolute Gasteiger partial charge is 0.478 e. The zero-order valence-corrected chi connectivity index (χ0v) is 13.6. The summed E-state index contributed by atoms with van der Waals surface area (Å²) in [5.74, 6) is -0.260. The van der Waals surface area contributed by atoms with E-state index in [2.05, 4.69) is 15.1 Å². The van der Waals surface area contributed by atoms with Crippen LogP contribution in [0, 0.1) is 0 Å². The third kappa shape index (κ3) is 2.44. The summed E-state index contributed by atoms with van der Waals surface area (Å²) in [6, 6.07) is 8.77. The second-order valence-corrected chi connectivity index (χ2v) is 6.28. The first-order chi connectivity index (χ1) is 11.6. The number of thiophene rings is 1. The topological polar surface area (TPSA) is 80.4 Å². The van der Waals surface area contributed by atoms with Crippen LogP contribution >= 0.6 is 22.9 Å². The maximum absolute atomic E-state index is 11.8. The highest BCUT2D eigenvalue weighted by atomic mass is 35.5. The summed E-state index contributed by atoms with van der Waals surface area (Å²) in [5, 5.41) is 16.4. The average Bonchev–Trinajstić information content (AvgIpc) is 3.19. The van der Waals surface area contributed by atoms with Crippen LogP contribution in [-0.4, -0.2) is 30.7 Å². The highest BCUT2D eigenvalue weighted by Crippen LogP contribution is 2.37. The third-order valence-corrected chi connectivity index (χ3v) is 4.71. The molecule has 8 heteroatoms. The van der Waals surface area contributed by atoms with E-state index in [9.17, 15) is 9.90 Å². The number of aromatic carboxylic acids is 1. The molecule has 3 heterocycles. The Hall–Kier alpha value is -2.77. The van der Waals surface area contributed by atoms with Crippen LogP contribution in [0.5, 0.6) is 0 Å². The van der Waals surface area contributed by atoms with E-state index in [0.29, 0.717) is 27.1 Å². The molecule has 4 rings (SSSR count). The summed E-state index contributed by atoms with van der Waals surface area (Å²) >= 11 is 7.20. The van der Waals surface area contributed by atoms with Gasteiger partial charge in [-0.2, -0.15) is 4.98 Å². The van der Waals surface area contributed by atoms with E-state index in [0.717, 1.165) is 5.56 Å². The van der Waals surface area contributed by atoms with Gasteiger partial charge in [-0.15, -0.1) is 16.4 Å². The summed E-state index contributed by atoms with van der Waals surface area (Å²) in [6.07, 6.45) is 3.33. The van der Waals surface area contributed by atoms with Crippen molar-refractivity contribution in [3.05, 3.63) is 58.7 Å². The molecule has 6 nitrogen and oxygen atoms in total. The Bertz CT molecular complexity index is 1020. The Morgan fingerprint density at radius 3 is 2.75 bits per heavy atom. The second-order valence-electron chi connectivity index (χ2n) is 4.97. The lowest BCUT2D eigenvalue weighted by atomic mass is 10.0. The molecule has 0 saturated heterocycles. The van der Waals surface area contributed by atoms with E-state index in [-0.39, 0.29) is 5.56 Å². The van der Waals surface area contributed by atoms with Crippen molar-refractivity contribution in [3.8, 4) is 21.8 Å². The van der Waals surface area contributed by atoms with Crippen molar-refractivity contribution >= 4 is 34.7 Å². The van der Waals surface area contributed by atoms with E-state index < -0.39 is 5.97 Å². The molecule has 1 N–H and O–H groups in total. The van der Waals surface area contributed by atoms with Gasteiger partial charge in [-0.25, -0.2) is 14.3 Å². The van der Waals surface area contributed by atoms with Crippen molar-refractivity contribution in [1.82, 2.24) is 19.6 Å². The van der Waals surface area contributed by atoms with Crippen LogP contribution in [0.1, 0.15) is 10.4 Å². The molecule has 0 aliphatic heterocycles. The number of fused-ring (bicyclic) bond motifs is 1. The van der Waals surface area contributed by atoms with E-state index in [1.165, 1.54) is 15.9 Å². The molecule has 0 aliphatic rings. The Balaban J connectivity index is 1.90. The number of carbonyl (C=O) groups is 1. The minimum absolute atomic E-state index is 0.179. The van der Waals surface area contributed by atoms with Gasteiger partial charge in [0.25, 0.3) is 5.78 Å². The molecule has 0 aliphatic carbocycles. The van der Waals surface area contributed by atoms with Crippen LogP contribution in [0.4, 0.5) is 0 Å². The normalized spacial score (nSPS) is 11.0. The molecule has 0 saturated carbocycles. The first-order valence-electron chi connectivity index (χ1n) is 6.92. The summed E-state index contributed by atoms with van der Waals surface area (Å²) in [7, 11) is 0. The Kier molecular flexibility index (Phi) is 3.51. The molecule has 0 fully saturated rings. The minimum atomic E-state index is -1.02. The SMILES string of the molecule is O=C(O)c1c(-c2ccc(Cl)cc2)csc1-c1nc2ncccn2n1. The van der Waals surface area contributed by atoms with Gasteiger partial charge in [0.1, 0.15) is 0 Å². The maximum Gasteiger partial charge on any atom is 0.337 e. The summed E-state index contributed by atoms with van der Waals surface area (Å²) in [4.78, 5) is 20.8. The Labute approximate surface area is 145 Å². The molecule has 0 atom stereocenters. The quantitative estimate of drug-likeness (QED) is 0.602. The predicted molar refractivity (Wildman–Crippen MR) is 91.5 cm³/mol. The van der Waals surface area contributed by atoms with Gasteiger partial charge in [-0.05, 0) is 23.8 Å². The molecule has 4 aromatic rings. The number of carboxylic acid groups (broad SMARTS) is 1. The number of carboxylic acids is 1. The number of halogens is 1. The first kappa shape index (κ1) is 14.8. The lowest BCUT2D eigenvalue weighted by Gasteiger charge is -2.02. The molecular formula is C16H9ClN4O2S. The van der Waals surface area contributed by atoms with Crippen LogP contribution in [-0.2, 0) is 0 Å². The second kappa shape index (κ2) is 5.70. The molecule has 118 valence electrons. The smallest absolute Gasteiger partial charge is 0.337 e. The Morgan fingerprint density at radius 1 is 1.25 bits per heavy atom. The van der Waals surface area contributed by atoms with Gasteiger partial charge in [0.05, 0.1) is 10.4 Å². The van der Waals surface area contributed by atoms with Gasteiger partial charge < -0.3 is 5.11 Å². The van der Waals surface area contributed by atoms with Crippen LogP contribution in [0.15, 0.2) is 48.1 Å². The fourth-order valence-electron chi connectivity index (χ4n) is 2.41. The van der Waals surface area contributed by atoms with E-state index in [4.69, 9.17) is 11.6 Å². The average molecular weight is 357 g/mol. The number of nitrogens with zero attached hydrogens (tertiary/aromatic N) is 4. The van der Waals surface area contributed by atoms with Gasteiger partial charge in [0, 0.05) is 28.4 Å². The van der Waals surface area contributed by atoms with Gasteiger partial charge in [-0.1, -0.05) is 23.7 Å². The fourth-order valence-corrected chi connectivity index (χ4v) is 3.53. The van der Waals surface area contributed by atoms with Crippen LogP contribution < -0.4 is 0 Å². The van der Waals surface area contributed by atoms with Crippen molar-refractivity contribution in [1.29, 1.82) is 0 Å². The monoisotopic (exact) mass is 356 g/mol. The number of aromatic nitrogens is 4. The van der Waals surface area contributed by atoms with Gasteiger partial charge >= 0.3 is 5.97 Å². The summed E-state index contributed by atoms with van der Waals surface area (Å²) in [5.41, 5.74) is 1.57. The number of hydrogen-bond donors (Lipinski definition) is 1. The van der Waals surface area contributed by atoms with Gasteiger partial charge in [0.2, 0.25) is 0 Å². The minimum Gasteiger partial charge on any atom is -0.478 e. The molecular weight excluding hydrogens is 348 g/mol. The third-order valence-electron chi connectivity index (χ3n) is 3.48. The molecule has 0 spiro atoms. The number of rotatable bonds is 3. The molecule has 0 radical (unpaired) electrons. The predicted octanol–water partition coefficient (Wildman–Crippen LogP) is 3.87. The van der Waals surface area contributed by atoms with Crippen molar-refractivity contribution in [2.24, 2.45) is 0 Å². The molecule has 0 amide bonds. The van der Waals surface area contributed by atoms with E-state index >= 15 is 0 Å². The van der Waals surface area contributed by atoms with E-state index in [1.807, 2.05) is 0 Å². The standard InChI is InChI=1S/C16H9ClN4O2S/c17-10-4-2-9(3-5-10)11-8-24-13(12(11)15(22)23)14-19-16-18-6-1-7-21(16)20-14/h1-8H,(H,22,23). The van der Waals surface area contributed by atoms with Crippen molar-refractivity contribution in [2.45, 2.75) is 0 Å². The summed E-state index contributed by atoms with van der Waals surface area (Å²) in [6.45, 7) is 0. The maximum atomic E-state index is 11.8. The zero-order chi connectivity index (χ0) is 16.7. The molecule has 3 aromatic heterocycles. The molecule has 1 aromatic carbocycles. The zero-order valence-electron chi connectivity index (χ0n) is 12.0. The van der Waals surface area contributed by atoms with Crippen LogP contribution in [0.25, 0.3) is 27.6 Å². The lowest BCUT2D eigenvalue weighted by molar-refractivity contribution is 0.0699. The lowest BCUT2D eigenvalue weighted by Crippen LogP contribution is -1.99. The molecule has 0 bridgehead atoms. The van der Waals surface area contributed by atoms with Crippen LogP contribution in [0.2, 0.25) is 5.02 Å². The van der Waals surface area contributed by atoms with Gasteiger partial charge in [0.15, 0.2) is 5.82 Å². The highest BCUT2D eigenvalue weighted by Gasteiger charge is 2.23. The first-order valence-corrected chi connectivity index (χ1v) is 8.18. The van der Waals surface area contributed by atoms with Crippen molar-refractivity contribution in [3.63, 3.8) is 0 Å².